The molecule has 2 aromatic rings. The van der Waals surface area contributed by atoms with Crippen LogP contribution in [0.2, 0.25) is 0 Å². The highest BCUT2D eigenvalue weighted by Gasteiger charge is 2.16. The van der Waals surface area contributed by atoms with Gasteiger partial charge in [0.2, 0.25) is 5.91 Å². The Hall–Kier alpha value is -2.31. The molecule has 0 unspecified atom stereocenters. The normalized spacial score (nSPS) is 14.5. The first-order chi connectivity index (χ1) is 15.1. The second-order valence-electron chi connectivity index (χ2n) is 7.99. The molecule has 2 aromatic carbocycles. The Morgan fingerprint density at radius 1 is 0.968 bits per heavy atom. The van der Waals surface area contributed by atoms with E-state index in [0.29, 0.717) is 12.0 Å². The van der Waals surface area contributed by atoms with Crippen molar-refractivity contribution in [1.82, 2.24) is 4.90 Å². The molecule has 1 fully saturated rings. The molecule has 1 aliphatic heterocycles. The molecular formula is C25H33N3O2S. The maximum atomic E-state index is 12.6. The van der Waals surface area contributed by atoms with Crippen LogP contribution in [0, 0.1) is 0 Å². The van der Waals surface area contributed by atoms with E-state index in [-0.39, 0.29) is 11.7 Å². The number of rotatable bonds is 10. The Balaban J connectivity index is 1.36. The predicted octanol–water partition coefficient (Wildman–Crippen LogP) is 4.93. The van der Waals surface area contributed by atoms with Crippen molar-refractivity contribution in [3.63, 3.8) is 0 Å². The van der Waals surface area contributed by atoms with Crippen molar-refractivity contribution in [3.05, 3.63) is 54.1 Å². The Morgan fingerprint density at radius 2 is 1.71 bits per heavy atom. The van der Waals surface area contributed by atoms with E-state index in [4.69, 9.17) is 0 Å². The molecule has 0 aromatic heterocycles. The van der Waals surface area contributed by atoms with Gasteiger partial charge in [0.05, 0.1) is 5.69 Å². The van der Waals surface area contributed by atoms with Gasteiger partial charge in [0.1, 0.15) is 0 Å². The average Bonchev–Trinajstić information content (AvgIpc) is 2.79. The summed E-state index contributed by atoms with van der Waals surface area (Å²) in [6.45, 7) is 6.94. The third-order valence-electron chi connectivity index (χ3n) is 5.70. The zero-order chi connectivity index (χ0) is 22.1. The predicted molar refractivity (Wildman–Crippen MR) is 130 cm³/mol. The Morgan fingerprint density at radius 3 is 2.39 bits per heavy atom. The number of nitrogens with zero attached hydrogens (tertiary/aromatic N) is 2. The van der Waals surface area contributed by atoms with Crippen molar-refractivity contribution in [3.8, 4) is 0 Å². The number of thioether (sulfide) groups is 1. The molecule has 1 N–H and O–H groups in total. The van der Waals surface area contributed by atoms with Crippen LogP contribution in [0.1, 0.15) is 43.0 Å². The molecule has 1 heterocycles. The highest BCUT2D eigenvalue weighted by molar-refractivity contribution is 7.98. The first-order valence-corrected chi connectivity index (χ1v) is 12.3. The van der Waals surface area contributed by atoms with Gasteiger partial charge >= 0.3 is 0 Å². The molecule has 0 radical (unpaired) electrons. The lowest BCUT2D eigenvalue weighted by Crippen LogP contribution is -2.46. The third kappa shape index (κ3) is 7.11. The van der Waals surface area contributed by atoms with Crippen LogP contribution in [-0.4, -0.2) is 55.6 Å². The quantitative estimate of drug-likeness (QED) is 0.323. The number of para-hydroxylation sites is 1. The van der Waals surface area contributed by atoms with Crippen LogP contribution >= 0.6 is 11.8 Å². The van der Waals surface area contributed by atoms with Crippen molar-refractivity contribution >= 4 is 34.8 Å². The summed E-state index contributed by atoms with van der Waals surface area (Å²) in [6.07, 6.45) is 5.61. The Kier molecular flexibility index (Phi) is 8.98. The van der Waals surface area contributed by atoms with E-state index in [9.17, 15) is 9.59 Å². The summed E-state index contributed by atoms with van der Waals surface area (Å²) in [5, 5.41) is 2.82. The number of carbonyl (C=O) groups is 2. The van der Waals surface area contributed by atoms with Gasteiger partial charge < -0.3 is 10.2 Å². The molecule has 0 bridgehead atoms. The minimum absolute atomic E-state index is 0.121. The standard InChI is InChI=1S/C25H33N3O2S/c1-20(29)26-23-19-21(12-13-25(23)31-2)24(30)11-7-4-8-14-27-15-17-28(18-16-27)22-9-5-3-6-10-22/h3,5-6,9-10,12-13,19H,4,7-8,11,14-18H2,1-2H3,(H,26,29). The highest BCUT2D eigenvalue weighted by atomic mass is 32.2. The smallest absolute Gasteiger partial charge is 0.221 e. The van der Waals surface area contributed by atoms with Crippen LogP contribution in [0.3, 0.4) is 0 Å². The number of Topliss-reactive ketones (excluding diaryl/α,β-unsaturated/α-hetero) is 1. The summed E-state index contributed by atoms with van der Waals surface area (Å²) < 4.78 is 0. The number of unbranched alkanes of at least 4 members (excludes halogenated alkanes) is 2. The Bertz CT molecular complexity index is 864. The van der Waals surface area contributed by atoms with E-state index < -0.39 is 0 Å². The van der Waals surface area contributed by atoms with Gasteiger partial charge in [-0.1, -0.05) is 30.7 Å². The summed E-state index contributed by atoms with van der Waals surface area (Å²) in [5.41, 5.74) is 2.71. The van der Waals surface area contributed by atoms with Gasteiger partial charge in [0, 0.05) is 55.7 Å². The number of hydrogen-bond acceptors (Lipinski definition) is 5. The first-order valence-electron chi connectivity index (χ1n) is 11.1. The van der Waals surface area contributed by atoms with Gasteiger partial charge in [-0.15, -0.1) is 11.8 Å². The second-order valence-corrected chi connectivity index (χ2v) is 8.84. The Labute approximate surface area is 190 Å². The SMILES string of the molecule is CSc1ccc(C(=O)CCCCCN2CCN(c3ccccc3)CC2)cc1NC(C)=O. The lowest BCUT2D eigenvalue weighted by Gasteiger charge is -2.36. The number of nitrogens with one attached hydrogen (secondary N) is 1. The summed E-state index contributed by atoms with van der Waals surface area (Å²) in [7, 11) is 0. The molecule has 3 rings (SSSR count). The summed E-state index contributed by atoms with van der Waals surface area (Å²) in [4.78, 5) is 30.0. The molecule has 0 atom stereocenters. The largest absolute Gasteiger partial charge is 0.369 e. The molecule has 5 nitrogen and oxygen atoms in total. The minimum atomic E-state index is -0.121. The summed E-state index contributed by atoms with van der Waals surface area (Å²) in [5.74, 6) is 0.0280. The summed E-state index contributed by atoms with van der Waals surface area (Å²) >= 11 is 1.56. The van der Waals surface area contributed by atoms with Crippen LogP contribution in [0.4, 0.5) is 11.4 Å². The molecule has 1 saturated heterocycles. The van der Waals surface area contributed by atoms with Gasteiger partial charge in [-0.3, -0.25) is 14.5 Å². The van der Waals surface area contributed by atoms with Crippen molar-refractivity contribution in [1.29, 1.82) is 0 Å². The van der Waals surface area contributed by atoms with E-state index in [2.05, 4.69) is 45.4 Å². The molecule has 31 heavy (non-hydrogen) atoms. The second kappa shape index (κ2) is 11.9. The zero-order valence-corrected chi connectivity index (χ0v) is 19.4. The van der Waals surface area contributed by atoms with Crippen LogP contribution in [0.5, 0.6) is 0 Å². The highest BCUT2D eigenvalue weighted by Crippen LogP contribution is 2.27. The molecule has 0 aliphatic carbocycles. The number of anilines is 2. The number of piperazine rings is 1. The maximum Gasteiger partial charge on any atom is 0.221 e. The van der Waals surface area contributed by atoms with Crippen LogP contribution in [0.15, 0.2) is 53.4 Å². The topological polar surface area (TPSA) is 52.7 Å². The fourth-order valence-corrected chi connectivity index (χ4v) is 4.51. The van der Waals surface area contributed by atoms with Crippen LogP contribution in [-0.2, 0) is 4.79 Å². The molecular weight excluding hydrogens is 406 g/mol. The monoisotopic (exact) mass is 439 g/mol. The fraction of sp³-hybridized carbons (Fsp3) is 0.440. The maximum absolute atomic E-state index is 12.6. The molecule has 0 saturated carbocycles. The molecule has 0 spiro atoms. The number of amides is 1. The van der Waals surface area contributed by atoms with Gasteiger partial charge in [0.15, 0.2) is 5.78 Å². The van der Waals surface area contributed by atoms with Crippen LogP contribution < -0.4 is 10.2 Å². The molecule has 166 valence electrons. The average molecular weight is 440 g/mol. The number of carbonyl (C=O) groups excluding carboxylic acids is 2. The lowest BCUT2D eigenvalue weighted by atomic mass is 10.0. The third-order valence-corrected chi connectivity index (χ3v) is 6.50. The van der Waals surface area contributed by atoms with Crippen molar-refractivity contribution < 1.29 is 9.59 Å². The van der Waals surface area contributed by atoms with E-state index in [1.54, 1.807) is 11.8 Å². The van der Waals surface area contributed by atoms with Crippen LogP contribution in [0.25, 0.3) is 0 Å². The van der Waals surface area contributed by atoms with E-state index >= 15 is 0 Å². The number of hydrogen-bond donors (Lipinski definition) is 1. The van der Waals surface area contributed by atoms with Crippen molar-refractivity contribution in [2.24, 2.45) is 0 Å². The first kappa shape index (κ1) is 23.4. The van der Waals surface area contributed by atoms with Gasteiger partial charge in [-0.25, -0.2) is 0 Å². The number of benzene rings is 2. The van der Waals surface area contributed by atoms with E-state index in [1.807, 2.05) is 24.5 Å². The molecule has 1 aliphatic rings. The van der Waals surface area contributed by atoms with Gasteiger partial charge in [0.25, 0.3) is 0 Å². The van der Waals surface area contributed by atoms with E-state index in [1.165, 1.54) is 12.6 Å². The molecule has 1 amide bonds. The van der Waals surface area contributed by atoms with Crippen molar-refractivity contribution in [2.75, 3.05) is 49.2 Å². The van der Waals surface area contributed by atoms with Gasteiger partial charge in [-0.2, -0.15) is 0 Å². The van der Waals surface area contributed by atoms with Crippen molar-refractivity contribution in [2.45, 2.75) is 37.5 Å². The minimum Gasteiger partial charge on any atom is -0.369 e. The van der Waals surface area contributed by atoms with E-state index in [0.717, 1.165) is 62.6 Å². The van der Waals surface area contributed by atoms with Gasteiger partial charge in [-0.05, 0) is 49.9 Å². The fourth-order valence-electron chi connectivity index (χ4n) is 3.98. The summed E-state index contributed by atoms with van der Waals surface area (Å²) in [6, 6.07) is 16.2. The zero-order valence-electron chi connectivity index (χ0n) is 18.6. The lowest BCUT2D eigenvalue weighted by molar-refractivity contribution is -0.114. The molecule has 6 heteroatoms. The number of ketones is 1.